The van der Waals surface area contributed by atoms with E-state index in [1.165, 1.54) is 17.2 Å². The van der Waals surface area contributed by atoms with E-state index in [4.69, 9.17) is 11.6 Å². The van der Waals surface area contributed by atoms with Crippen molar-refractivity contribution in [2.45, 2.75) is 26.3 Å². The van der Waals surface area contributed by atoms with E-state index in [0.717, 1.165) is 6.42 Å². The lowest BCUT2D eigenvalue weighted by Crippen LogP contribution is -2.35. The Kier molecular flexibility index (Phi) is 4.61. The van der Waals surface area contributed by atoms with Gasteiger partial charge in [-0.1, -0.05) is 18.5 Å². The Morgan fingerprint density at radius 2 is 2.28 bits per heavy atom. The van der Waals surface area contributed by atoms with E-state index in [1.54, 1.807) is 7.05 Å². The van der Waals surface area contributed by atoms with Crippen LogP contribution in [-0.2, 0) is 0 Å². The van der Waals surface area contributed by atoms with Crippen molar-refractivity contribution in [2.75, 3.05) is 7.05 Å². The average Bonchev–Trinajstić information content (AvgIpc) is 2.35. The summed E-state index contributed by atoms with van der Waals surface area (Å²) in [6.45, 7) is 3.80. The number of hydrogen-bond donors (Lipinski definition) is 0. The molecule has 0 fully saturated rings. The number of aromatic nitrogens is 1. The Balaban J connectivity index is 3.21. The Morgan fingerprint density at radius 3 is 2.78 bits per heavy atom. The molecule has 1 unspecified atom stereocenters. The summed E-state index contributed by atoms with van der Waals surface area (Å²) in [6, 6.07) is 1.30. The third kappa shape index (κ3) is 2.76. The van der Waals surface area contributed by atoms with E-state index >= 15 is 0 Å². The zero-order valence-corrected chi connectivity index (χ0v) is 11.1. The van der Waals surface area contributed by atoms with Crippen LogP contribution in [0.3, 0.4) is 0 Å². The van der Waals surface area contributed by atoms with E-state index in [1.807, 2.05) is 13.8 Å². The van der Waals surface area contributed by atoms with Crippen molar-refractivity contribution in [3.05, 3.63) is 33.1 Å². The van der Waals surface area contributed by atoms with E-state index in [9.17, 15) is 14.9 Å². The second-order valence-corrected chi connectivity index (χ2v) is 4.29. The lowest BCUT2D eigenvalue weighted by molar-refractivity contribution is -0.385. The Bertz CT molecular complexity index is 479. The monoisotopic (exact) mass is 271 g/mol. The largest absolute Gasteiger partial charge is 0.339 e. The van der Waals surface area contributed by atoms with Gasteiger partial charge in [-0.2, -0.15) is 0 Å². The number of nitro groups is 1. The summed E-state index contributed by atoms with van der Waals surface area (Å²) in [4.78, 5) is 27.5. The van der Waals surface area contributed by atoms with Crippen molar-refractivity contribution in [1.29, 1.82) is 0 Å². The molecular weight excluding hydrogens is 258 g/mol. The highest BCUT2D eigenvalue weighted by Crippen LogP contribution is 2.27. The average molecular weight is 272 g/mol. The number of carbonyl (C=O) groups excluding carboxylic acids is 1. The highest BCUT2D eigenvalue weighted by Gasteiger charge is 2.28. The molecule has 0 saturated carbocycles. The van der Waals surface area contributed by atoms with Crippen LogP contribution in [-0.4, -0.2) is 33.8 Å². The van der Waals surface area contributed by atoms with Gasteiger partial charge in [0.15, 0.2) is 0 Å². The van der Waals surface area contributed by atoms with Gasteiger partial charge in [-0.15, -0.1) is 0 Å². The van der Waals surface area contributed by atoms with E-state index in [-0.39, 0.29) is 16.8 Å². The van der Waals surface area contributed by atoms with Crippen molar-refractivity contribution in [2.24, 2.45) is 0 Å². The predicted molar refractivity (Wildman–Crippen MR) is 67.7 cm³/mol. The van der Waals surface area contributed by atoms with Crippen LogP contribution in [0.4, 0.5) is 5.69 Å². The standard InChI is InChI=1S/C11H14ClN3O3/c1-4-7(2)14(3)11(16)8-5-6-13-10(12)9(8)15(17)18/h5-7H,4H2,1-3H3. The highest BCUT2D eigenvalue weighted by atomic mass is 35.5. The van der Waals surface area contributed by atoms with Gasteiger partial charge in [0.1, 0.15) is 5.56 Å². The molecule has 0 radical (unpaired) electrons. The predicted octanol–water partition coefficient (Wildman–Crippen LogP) is 2.51. The van der Waals surface area contributed by atoms with E-state index < -0.39 is 16.5 Å². The molecule has 0 saturated heterocycles. The smallest absolute Gasteiger partial charge is 0.319 e. The zero-order valence-electron chi connectivity index (χ0n) is 10.4. The summed E-state index contributed by atoms with van der Waals surface area (Å²) in [5.41, 5.74) is -0.484. The molecule has 1 amide bonds. The Morgan fingerprint density at radius 1 is 1.67 bits per heavy atom. The molecule has 0 aliphatic carbocycles. The summed E-state index contributed by atoms with van der Waals surface area (Å²) in [5.74, 6) is -0.430. The van der Waals surface area contributed by atoms with Gasteiger partial charge >= 0.3 is 5.69 Å². The molecule has 0 bridgehead atoms. The van der Waals surface area contributed by atoms with Crippen LogP contribution in [0, 0.1) is 10.1 Å². The third-order valence-electron chi connectivity index (χ3n) is 2.86. The van der Waals surface area contributed by atoms with Gasteiger partial charge in [0.05, 0.1) is 4.92 Å². The van der Waals surface area contributed by atoms with Crippen molar-refractivity contribution in [3.8, 4) is 0 Å². The van der Waals surface area contributed by atoms with E-state index in [0.29, 0.717) is 0 Å². The maximum Gasteiger partial charge on any atom is 0.319 e. The van der Waals surface area contributed by atoms with Gasteiger partial charge < -0.3 is 4.90 Å². The summed E-state index contributed by atoms with van der Waals surface area (Å²) < 4.78 is 0. The maximum absolute atomic E-state index is 12.2. The van der Waals surface area contributed by atoms with Gasteiger partial charge in [-0.05, 0) is 19.4 Å². The van der Waals surface area contributed by atoms with Crippen molar-refractivity contribution < 1.29 is 9.72 Å². The van der Waals surface area contributed by atoms with Crippen LogP contribution >= 0.6 is 11.6 Å². The molecule has 1 heterocycles. The first-order valence-electron chi connectivity index (χ1n) is 5.46. The number of carbonyl (C=O) groups is 1. The molecule has 98 valence electrons. The van der Waals surface area contributed by atoms with Crippen LogP contribution in [0.1, 0.15) is 30.6 Å². The molecule has 0 spiro atoms. The Labute approximate surface area is 110 Å². The van der Waals surface area contributed by atoms with Gasteiger partial charge in [0.25, 0.3) is 5.91 Å². The first kappa shape index (κ1) is 14.4. The first-order valence-corrected chi connectivity index (χ1v) is 5.84. The fraction of sp³-hybridized carbons (Fsp3) is 0.455. The van der Waals surface area contributed by atoms with Gasteiger partial charge in [0, 0.05) is 19.3 Å². The fourth-order valence-corrected chi connectivity index (χ4v) is 1.67. The topological polar surface area (TPSA) is 76.3 Å². The molecule has 6 nitrogen and oxygen atoms in total. The number of rotatable bonds is 4. The van der Waals surface area contributed by atoms with Crippen LogP contribution in [0.2, 0.25) is 5.15 Å². The SMILES string of the molecule is CCC(C)N(C)C(=O)c1ccnc(Cl)c1[N+](=O)[O-]. The number of nitrogens with zero attached hydrogens (tertiary/aromatic N) is 3. The molecule has 1 aromatic heterocycles. The third-order valence-corrected chi connectivity index (χ3v) is 3.14. The molecule has 0 aliphatic rings. The molecule has 1 rings (SSSR count). The second kappa shape index (κ2) is 5.77. The molecule has 0 aliphatic heterocycles. The lowest BCUT2D eigenvalue weighted by Gasteiger charge is -2.23. The molecule has 0 aromatic carbocycles. The number of hydrogen-bond acceptors (Lipinski definition) is 4. The molecule has 18 heavy (non-hydrogen) atoms. The summed E-state index contributed by atoms with van der Waals surface area (Å²) in [7, 11) is 1.61. The summed E-state index contributed by atoms with van der Waals surface area (Å²) >= 11 is 5.66. The van der Waals surface area contributed by atoms with Crippen LogP contribution in [0.5, 0.6) is 0 Å². The minimum Gasteiger partial charge on any atom is -0.339 e. The molecular formula is C11H14ClN3O3. The minimum atomic E-state index is -0.687. The van der Waals surface area contributed by atoms with Gasteiger partial charge in [-0.25, -0.2) is 4.98 Å². The molecule has 0 N–H and O–H groups in total. The van der Waals surface area contributed by atoms with Crippen molar-refractivity contribution in [3.63, 3.8) is 0 Å². The number of halogens is 1. The molecule has 1 atom stereocenters. The first-order chi connectivity index (χ1) is 8.40. The molecule has 1 aromatic rings. The number of amides is 1. The highest BCUT2D eigenvalue weighted by molar-refractivity contribution is 6.32. The van der Waals surface area contributed by atoms with Crippen molar-refractivity contribution in [1.82, 2.24) is 9.88 Å². The molecule has 7 heteroatoms. The zero-order chi connectivity index (χ0) is 13.9. The normalized spacial score (nSPS) is 12.0. The van der Waals surface area contributed by atoms with Crippen LogP contribution in [0.15, 0.2) is 12.3 Å². The van der Waals surface area contributed by atoms with Gasteiger partial charge in [-0.3, -0.25) is 14.9 Å². The lowest BCUT2D eigenvalue weighted by atomic mass is 10.1. The maximum atomic E-state index is 12.2. The Hall–Kier alpha value is -1.69. The van der Waals surface area contributed by atoms with E-state index in [2.05, 4.69) is 4.98 Å². The number of pyridine rings is 1. The minimum absolute atomic E-state index is 0.0101. The second-order valence-electron chi connectivity index (χ2n) is 3.93. The summed E-state index contributed by atoms with van der Waals surface area (Å²) in [5, 5.41) is 10.6. The van der Waals surface area contributed by atoms with Crippen molar-refractivity contribution >= 4 is 23.2 Å². The quantitative estimate of drug-likeness (QED) is 0.479. The summed E-state index contributed by atoms with van der Waals surface area (Å²) in [6.07, 6.45) is 2.04. The van der Waals surface area contributed by atoms with Crippen LogP contribution in [0.25, 0.3) is 0 Å². The van der Waals surface area contributed by atoms with Gasteiger partial charge in [0.2, 0.25) is 5.15 Å². The fourth-order valence-electron chi connectivity index (χ4n) is 1.44. The van der Waals surface area contributed by atoms with Crippen LogP contribution < -0.4 is 0 Å².